The van der Waals surface area contributed by atoms with Crippen LogP contribution in [0.15, 0.2) is 71.8 Å². The largest absolute Gasteiger partial charge is 0.475 e. The number of hydrogen-bond acceptors (Lipinski definition) is 8. The first-order valence-corrected chi connectivity index (χ1v) is 13.1. The molecule has 8 nitrogen and oxygen atoms in total. The number of rotatable bonds is 6. The highest BCUT2D eigenvalue weighted by molar-refractivity contribution is 7.90. The Morgan fingerprint density at radius 1 is 1.03 bits per heavy atom. The van der Waals surface area contributed by atoms with Gasteiger partial charge in [-0.3, -0.25) is 0 Å². The molecule has 0 aliphatic heterocycles. The average Bonchev–Trinajstić information content (AvgIpc) is 3.43. The molecule has 3 aromatic heterocycles. The Hall–Kier alpha value is -3.76. The quantitative estimate of drug-likeness (QED) is 0.340. The summed E-state index contributed by atoms with van der Waals surface area (Å²) in [4.78, 5) is 9.12. The van der Waals surface area contributed by atoms with E-state index >= 15 is 0 Å². The van der Waals surface area contributed by atoms with E-state index in [1.54, 1.807) is 48.7 Å². The fourth-order valence-corrected chi connectivity index (χ4v) is 5.61. The topological polar surface area (TPSA) is 113 Å². The standard InChI is InChI=1S/C25H23N5O3S2/c1-15(2)33-23-6-4-5-21(27-23)20-14-30(35(31,32)18-10-7-16(3)8-11-18)22-12-9-17(13-19(20)22)24-28-25(26)34-29-24/h4-15H,1-3H3,(H2,26,28,29). The summed E-state index contributed by atoms with van der Waals surface area (Å²) in [7, 11) is -3.86. The second kappa shape index (κ2) is 8.79. The third kappa shape index (κ3) is 4.38. The van der Waals surface area contributed by atoms with Crippen LogP contribution in [0.4, 0.5) is 5.13 Å². The normalized spacial score (nSPS) is 11.9. The minimum Gasteiger partial charge on any atom is -0.475 e. The van der Waals surface area contributed by atoms with Crippen molar-refractivity contribution in [1.29, 1.82) is 0 Å². The highest BCUT2D eigenvalue weighted by Crippen LogP contribution is 2.35. The van der Waals surface area contributed by atoms with Crippen LogP contribution in [0.2, 0.25) is 0 Å². The summed E-state index contributed by atoms with van der Waals surface area (Å²) in [6.45, 7) is 5.76. The van der Waals surface area contributed by atoms with E-state index in [0.29, 0.717) is 39.0 Å². The predicted octanol–water partition coefficient (Wildman–Crippen LogP) is 5.14. The summed E-state index contributed by atoms with van der Waals surface area (Å²) in [5, 5.41) is 1.06. The second-order valence-electron chi connectivity index (χ2n) is 8.37. The Kier molecular flexibility index (Phi) is 5.78. The molecule has 0 amide bonds. The number of ether oxygens (including phenoxy) is 1. The van der Waals surface area contributed by atoms with E-state index < -0.39 is 10.0 Å². The van der Waals surface area contributed by atoms with E-state index in [1.807, 2.05) is 39.0 Å². The van der Waals surface area contributed by atoms with E-state index in [0.717, 1.165) is 22.7 Å². The van der Waals surface area contributed by atoms with Crippen LogP contribution in [0.1, 0.15) is 19.4 Å². The second-order valence-corrected chi connectivity index (χ2v) is 11.0. The van der Waals surface area contributed by atoms with Crippen molar-refractivity contribution in [2.24, 2.45) is 0 Å². The van der Waals surface area contributed by atoms with Crippen LogP contribution in [0.3, 0.4) is 0 Å². The lowest BCUT2D eigenvalue weighted by atomic mass is 10.1. The molecule has 2 aromatic carbocycles. The van der Waals surface area contributed by atoms with Crippen molar-refractivity contribution in [1.82, 2.24) is 18.3 Å². The van der Waals surface area contributed by atoms with Crippen molar-refractivity contribution < 1.29 is 13.2 Å². The number of nitrogens with zero attached hydrogens (tertiary/aromatic N) is 4. The van der Waals surface area contributed by atoms with Crippen molar-refractivity contribution in [3.05, 3.63) is 72.4 Å². The van der Waals surface area contributed by atoms with E-state index in [2.05, 4.69) is 14.3 Å². The summed E-state index contributed by atoms with van der Waals surface area (Å²) < 4.78 is 38.7. The minimum atomic E-state index is -3.86. The van der Waals surface area contributed by atoms with E-state index in [9.17, 15) is 8.42 Å². The molecule has 0 fully saturated rings. The zero-order valence-electron chi connectivity index (χ0n) is 19.3. The van der Waals surface area contributed by atoms with Gasteiger partial charge in [-0.2, -0.15) is 9.36 Å². The number of nitrogens with two attached hydrogens (primary N) is 1. The van der Waals surface area contributed by atoms with Crippen LogP contribution in [0.25, 0.3) is 33.5 Å². The number of pyridine rings is 1. The maximum Gasteiger partial charge on any atom is 0.268 e. The molecule has 0 bridgehead atoms. The Balaban J connectivity index is 1.74. The number of benzene rings is 2. The zero-order valence-corrected chi connectivity index (χ0v) is 21.0. The Morgan fingerprint density at radius 2 is 1.80 bits per heavy atom. The summed E-state index contributed by atoms with van der Waals surface area (Å²) in [6.07, 6.45) is 1.56. The van der Waals surface area contributed by atoms with E-state index in [1.165, 1.54) is 3.97 Å². The molecule has 0 aliphatic carbocycles. The van der Waals surface area contributed by atoms with Crippen molar-refractivity contribution >= 4 is 37.6 Å². The first-order valence-electron chi connectivity index (χ1n) is 10.9. The molecule has 178 valence electrons. The number of hydrogen-bond donors (Lipinski definition) is 1. The number of anilines is 1. The van der Waals surface area contributed by atoms with Gasteiger partial charge < -0.3 is 10.5 Å². The van der Waals surface area contributed by atoms with Crippen molar-refractivity contribution in [3.8, 4) is 28.5 Å². The first kappa shape index (κ1) is 23.0. The summed E-state index contributed by atoms with van der Waals surface area (Å²) in [5.41, 5.74) is 9.25. The van der Waals surface area contributed by atoms with Gasteiger partial charge in [0.1, 0.15) is 0 Å². The first-order chi connectivity index (χ1) is 16.7. The van der Waals surface area contributed by atoms with Crippen LogP contribution >= 0.6 is 11.5 Å². The third-order valence-corrected chi connectivity index (χ3v) is 7.63. The van der Waals surface area contributed by atoms with Crippen molar-refractivity contribution in [2.45, 2.75) is 31.8 Å². The molecule has 0 aliphatic rings. The molecule has 0 unspecified atom stereocenters. The summed E-state index contributed by atoms with van der Waals surface area (Å²) in [5.74, 6) is 0.948. The lowest BCUT2D eigenvalue weighted by Gasteiger charge is -2.09. The highest BCUT2D eigenvalue weighted by atomic mass is 32.2. The van der Waals surface area contributed by atoms with Crippen LogP contribution < -0.4 is 10.5 Å². The van der Waals surface area contributed by atoms with E-state index in [4.69, 9.17) is 10.5 Å². The van der Waals surface area contributed by atoms with Gasteiger partial charge in [-0.25, -0.2) is 17.4 Å². The molecule has 35 heavy (non-hydrogen) atoms. The van der Waals surface area contributed by atoms with Crippen LogP contribution in [0.5, 0.6) is 5.88 Å². The van der Waals surface area contributed by atoms with Crippen LogP contribution in [-0.2, 0) is 10.0 Å². The third-order valence-electron chi connectivity index (χ3n) is 5.40. The molecule has 0 saturated carbocycles. The predicted molar refractivity (Wildman–Crippen MR) is 138 cm³/mol. The smallest absolute Gasteiger partial charge is 0.268 e. The molecule has 2 N–H and O–H groups in total. The van der Waals surface area contributed by atoms with Crippen LogP contribution in [-0.4, -0.2) is 32.8 Å². The van der Waals surface area contributed by atoms with Crippen molar-refractivity contribution in [3.63, 3.8) is 0 Å². The van der Waals surface area contributed by atoms with Gasteiger partial charge in [-0.05, 0) is 57.2 Å². The van der Waals surface area contributed by atoms with Crippen molar-refractivity contribution in [2.75, 3.05) is 5.73 Å². The Morgan fingerprint density at radius 3 is 2.49 bits per heavy atom. The van der Waals surface area contributed by atoms with Gasteiger partial charge in [-0.15, -0.1) is 0 Å². The van der Waals surface area contributed by atoms with Gasteiger partial charge >= 0.3 is 0 Å². The summed E-state index contributed by atoms with van der Waals surface area (Å²) in [6, 6.07) is 17.6. The number of fused-ring (bicyclic) bond motifs is 1. The van der Waals surface area contributed by atoms with Crippen LogP contribution in [0, 0.1) is 6.92 Å². The SMILES string of the molecule is Cc1ccc(S(=O)(=O)n2cc(-c3cccc(OC(C)C)n3)c3cc(-c4nsc(N)n4)ccc32)cc1. The molecule has 3 heterocycles. The fourth-order valence-electron chi connectivity index (χ4n) is 3.79. The zero-order chi connectivity index (χ0) is 24.7. The van der Waals surface area contributed by atoms with Gasteiger partial charge in [-0.1, -0.05) is 23.8 Å². The molecule has 5 rings (SSSR count). The molecule has 0 spiro atoms. The van der Waals surface area contributed by atoms with Gasteiger partial charge in [0.15, 0.2) is 11.0 Å². The number of aryl methyl sites for hydroxylation is 1. The highest BCUT2D eigenvalue weighted by Gasteiger charge is 2.23. The lowest BCUT2D eigenvalue weighted by molar-refractivity contribution is 0.233. The molecular formula is C25H23N5O3S2. The van der Waals surface area contributed by atoms with Gasteiger partial charge in [0.2, 0.25) is 5.88 Å². The molecule has 0 atom stereocenters. The number of nitrogen functional groups attached to an aromatic ring is 1. The van der Waals surface area contributed by atoms with Gasteiger partial charge in [0.25, 0.3) is 10.0 Å². The van der Waals surface area contributed by atoms with E-state index in [-0.39, 0.29) is 11.0 Å². The molecular weight excluding hydrogens is 482 g/mol. The van der Waals surface area contributed by atoms with Gasteiger partial charge in [0.05, 0.1) is 22.2 Å². The molecule has 5 aromatic rings. The maximum absolute atomic E-state index is 13.7. The molecule has 0 radical (unpaired) electrons. The monoisotopic (exact) mass is 505 g/mol. The number of aromatic nitrogens is 4. The lowest BCUT2D eigenvalue weighted by Crippen LogP contribution is -2.11. The maximum atomic E-state index is 13.7. The van der Waals surface area contributed by atoms with Gasteiger partial charge in [0, 0.05) is 40.3 Å². The fraction of sp³-hybridized carbons (Fsp3) is 0.160. The molecule has 0 saturated heterocycles. The Labute approximate surface area is 207 Å². The summed E-state index contributed by atoms with van der Waals surface area (Å²) >= 11 is 1.11. The minimum absolute atomic E-state index is 0.0474. The average molecular weight is 506 g/mol. The Bertz CT molecular complexity index is 1640. The molecule has 10 heteroatoms.